The second-order valence-corrected chi connectivity index (χ2v) is 10.9. The summed E-state index contributed by atoms with van der Waals surface area (Å²) in [6, 6.07) is 23.0. The van der Waals surface area contributed by atoms with Gasteiger partial charge in [-0.25, -0.2) is 0 Å². The largest absolute Gasteiger partial charge is 0.496 e. The van der Waals surface area contributed by atoms with Gasteiger partial charge in [0.15, 0.2) is 0 Å². The second-order valence-electron chi connectivity index (χ2n) is 10.9. The van der Waals surface area contributed by atoms with Gasteiger partial charge >= 0.3 is 0 Å². The van der Waals surface area contributed by atoms with E-state index in [1.165, 1.54) is 0 Å². The van der Waals surface area contributed by atoms with Crippen molar-refractivity contribution in [2.75, 3.05) is 14.2 Å². The van der Waals surface area contributed by atoms with Gasteiger partial charge in [-0.2, -0.15) is 20.4 Å². The van der Waals surface area contributed by atoms with E-state index in [0.717, 1.165) is 59.7 Å². The number of benzene rings is 2. The van der Waals surface area contributed by atoms with E-state index in [4.69, 9.17) is 9.47 Å². The number of rotatable bonds is 12. The smallest absolute Gasteiger partial charge is 0.143 e. The van der Waals surface area contributed by atoms with Crippen molar-refractivity contribution in [2.24, 2.45) is 0 Å². The maximum Gasteiger partial charge on any atom is 0.143 e. The predicted octanol–water partition coefficient (Wildman–Crippen LogP) is 5.43. The Morgan fingerprint density at radius 3 is 1.48 bits per heavy atom. The molecule has 216 valence electrons. The van der Waals surface area contributed by atoms with Gasteiger partial charge in [0.2, 0.25) is 0 Å². The Morgan fingerprint density at radius 1 is 0.619 bits per heavy atom. The number of hydrogen-bond donors (Lipinski definition) is 0. The van der Waals surface area contributed by atoms with Crippen LogP contribution in [0.25, 0.3) is 0 Å². The van der Waals surface area contributed by atoms with Gasteiger partial charge in [0, 0.05) is 35.8 Å². The fourth-order valence-corrected chi connectivity index (χ4v) is 5.74. The molecule has 0 saturated heterocycles. The van der Waals surface area contributed by atoms with Crippen LogP contribution in [0.4, 0.5) is 0 Å². The van der Waals surface area contributed by atoms with Crippen molar-refractivity contribution in [2.45, 2.75) is 63.2 Å². The topological polar surface area (TPSA) is 104 Å². The van der Waals surface area contributed by atoms with E-state index < -0.39 is 0 Å². The summed E-state index contributed by atoms with van der Waals surface area (Å²) < 4.78 is 10.7. The van der Waals surface area contributed by atoms with Crippen molar-refractivity contribution < 1.29 is 19.1 Å². The van der Waals surface area contributed by atoms with Crippen LogP contribution in [-0.2, 0) is 35.3 Å². The van der Waals surface area contributed by atoms with E-state index >= 15 is 0 Å². The van der Waals surface area contributed by atoms with E-state index in [-0.39, 0.29) is 36.2 Å². The number of para-hydroxylation sites is 2. The first-order chi connectivity index (χ1) is 20.5. The molecule has 8 heteroatoms. The molecule has 5 rings (SSSR count). The molecule has 42 heavy (non-hydrogen) atoms. The third-order valence-electron chi connectivity index (χ3n) is 7.91. The minimum atomic E-state index is 0.0720. The highest BCUT2D eigenvalue weighted by atomic mass is 16.5. The van der Waals surface area contributed by atoms with E-state index in [0.29, 0.717) is 24.2 Å². The van der Waals surface area contributed by atoms with Crippen molar-refractivity contribution in [3.05, 3.63) is 107 Å². The lowest BCUT2D eigenvalue weighted by molar-refractivity contribution is -0.118. The molecule has 0 N–H and O–H groups in total. The quantitative estimate of drug-likeness (QED) is 0.224. The molecule has 4 aromatic rings. The molecule has 2 aromatic carbocycles. The van der Waals surface area contributed by atoms with Gasteiger partial charge in [-0.3, -0.25) is 9.59 Å². The Morgan fingerprint density at radius 2 is 1.07 bits per heavy atom. The molecule has 0 amide bonds. The molecule has 1 aliphatic carbocycles. The molecule has 1 saturated carbocycles. The van der Waals surface area contributed by atoms with Gasteiger partial charge < -0.3 is 9.47 Å². The van der Waals surface area contributed by atoms with E-state index in [9.17, 15) is 9.59 Å². The molecular formula is C34H36N4O4. The van der Waals surface area contributed by atoms with Crippen LogP contribution in [0, 0.1) is 0 Å². The van der Waals surface area contributed by atoms with Gasteiger partial charge in [-0.1, -0.05) is 42.8 Å². The Labute approximate surface area is 246 Å². The SMILES string of the molecule is COc1ccccc1CC(=O)Cc1ccc([C@@H]2CCC[C@@H](c3ccc(CC(=O)Cc4ccccc4OC)nn3)C2)nn1. The first kappa shape index (κ1) is 29.0. The Balaban J connectivity index is 1.14. The normalized spacial score (nSPS) is 16.5. The van der Waals surface area contributed by atoms with E-state index in [1.54, 1.807) is 14.2 Å². The zero-order chi connectivity index (χ0) is 29.3. The first-order valence-corrected chi connectivity index (χ1v) is 14.4. The number of aromatic nitrogens is 4. The van der Waals surface area contributed by atoms with Crippen molar-refractivity contribution >= 4 is 11.6 Å². The third kappa shape index (κ3) is 7.43. The number of hydrogen-bond acceptors (Lipinski definition) is 8. The summed E-state index contributed by atoms with van der Waals surface area (Å²) in [7, 11) is 3.22. The number of methoxy groups -OCH3 is 2. The lowest BCUT2D eigenvalue weighted by atomic mass is 9.78. The fraction of sp³-hybridized carbons (Fsp3) is 0.353. The molecule has 2 atom stereocenters. The molecular weight excluding hydrogens is 528 g/mol. The predicted molar refractivity (Wildman–Crippen MR) is 159 cm³/mol. The standard InChI is InChI=1S/C34H36N4O4/c1-41-33-12-5-3-8-25(33)19-29(39)21-27-14-16-31(37-35-27)23-10-7-11-24(18-23)32-17-15-28(36-38-32)22-30(40)20-26-9-4-6-13-34(26)42-2/h3-6,8-9,12-17,23-24H,7,10-11,18-22H2,1-2H3/t23-,24-/m1/s1. The molecule has 0 unspecified atom stereocenters. The van der Waals surface area contributed by atoms with E-state index in [2.05, 4.69) is 20.4 Å². The highest BCUT2D eigenvalue weighted by molar-refractivity contribution is 5.83. The van der Waals surface area contributed by atoms with Gasteiger partial charge in [-0.15, -0.1) is 0 Å². The summed E-state index contributed by atoms with van der Waals surface area (Å²) in [4.78, 5) is 25.3. The van der Waals surface area contributed by atoms with Crippen molar-refractivity contribution in [1.82, 2.24) is 20.4 Å². The summed E-state index contributed by atoms with van der Waals surface area (Å²) in [5.74, 6) is 2.13. The zero-order valence-corrected chi connectivity index (χ0v) is 24.2. The number of carbonyl (C=O) groups excluding carboxylic acids is 2. The summed E-state index contributed by atoms with van der Waals surface area (Å²) in [5.41, 5.74) is 5.00. The van der Waals surface area contributed by atoms with Crippen molar-refractivity contribution in [3.63, 3.8) is 0 Å². The maximum absolute atomic E-state index is 12.7. The van der Waals surface area contributed by atoms with Crippen LogP contribution in [0.2, 0.25) is 0 Å². The summed E-state index contributed by atoms with van der Waals surface area (Å²) in [6.45, 7) is 0. The lowest BCUT2D eigenvalue weighted by Crippen LogP contribution is -2.17. The molecule has 1 aliphatic rings. The molecule has 0 aliphatic heterocycles. The molecule has 0 bridgehead atoms. The average molecular weight is 565 g/mol. The number of carbonyl (C=O) groups is 2. The van der Waals surface area contributed by atoms with E-state index in [1.807, 2.05) is 72.8 Å². The molecule has 0 spiro atoms. The number of ketones is 2. The van der Waals surface area contributed by atoms with Gasteiger partial charge in [0.25, 0.3) is 0 Å². The van der Waals surface area contributed by atoms with Crippen LogP contribution in [-0.4, -0.2) is 46.2 Å². The average Bonchev–Trinajstić information content (AvgIpc) is 3.02. The number of nitrogens with zero attached hydrogens (tertiary/aromatic N) is 4. The van der Waals surface area contributed by atoms with Crippen LogP contribution in [0.3, 0.4) is 0 Å². The maximum atomic E-state index is 12.7. The molecule has 8 nitrogen and oxygen atoms in total. The number of Topliss-reactive ketones (excluding diaryl/α,β-unsaturated/α-hetero) is 2. The first-order valence-electron chi connectivity index (χ1n) is 14.4. The van der Waals surface area contributed by atoms with Gasteiger partial charge in [0.05, 0.1) is 49.8 Å². The minimum Gasteiger partial charge on any atom is -0.496 e. The fourth-order valence-electron chi connectivity index (χ4n) is 5.74. The lowest BCUT2D eigenvalue weighted by Gasteiger charge is -2.28. The monoisotopic (exact) mass is 564 g/mol. The third-order valence-corrected chi connectivity index (χ3v) is 7.91. The van der Waals surface area contributed by atoms with Crippen LogP contribution >= 0.6 is 0 Å². The van der Waals surface area contributed by atoms with Crippen LogP contribution in [0.5, 0.6) is 11.5 Å². The van der Waals surface area contributed by atoms with Crippen molar-refractivity contribution in [3.8, 4) is 11.5 Å². The molecule has 1 fully saturated rings. The van der Waals surface area contributed by atoms with Crippen LogP contribution in [0.1, 0.15) is 71.4 Å². The summed E-state index contributed by atoms with van der Waals surface area (Å²) >= 11 is 0. The Hall–Kier alpha value is -4.46. The van der Waals surface area contributed by atoms with Crippen LogP contribution < -0.4 is 9.47 Å². The Kier molecular flexibility index (Phi) is 9.64. The summed E-state index contributed by atoms with van der Waals surface area (Å²) in [5, 5.41) is 17.8. The Bertz CT molecular complexity index is 1390. The number of ether oxygens (including phenoxy) is 2. The highest BCUT2D eigenvalue weighted by Gasteiger charge is 2.27. The zero-order valence-electron chi connectivity index (χ0n) is 24.2. The molecule has 2 aromatic heterocycles. The molecule has 0 radical (unpaired) electrons. The second kappa shape index (κ2) is 13.9. The summed E-state index contributed by atoms with van der Waals surface area (Å²) in [6.07, 6.45) is 5.14. The van der Waals surface area contributed by atoms with Gasteiger partial charge in [-0.05, 0) is 55.7 Å². The highest BCUT2D eigenvalue weighted by Crippen LogP contribution is 2.39. The molecule has 2 heterocycles. The van der Waals surface area contributed by atoms with Gasteiger partial charge in [0.1, 0.15) is 23.1 Å². The van der Waals surface area contributed by atoms with Crippen LogP contribution in [0.15, 0.2) is 72.8 Å². The minimum absolute atomic E-state index is 0.0720. The van der Waals surface area contributed by atoms with Crippen molar-refractivity contribution in [1.29, 1.82) is 0 Å².